The number of amides is 2. The van der Waals surface area contributed by atoms with E-state index in [4.69, 9.17) is 0 Å². The van der Waals surface area contributed by atoms with E-state index in [1.54, 1.807) is 6.33 Å². The molecule has 3 heterocycles. The summed E-state index contributed by atoms with van der Waals surface area (Å²) in [6, 6.07) is 27.0. The van der Waals surface area contributed by atoms with E-state index in [1.165, 1.54) is 17.0 Å². The zero-order valence-corrected chi connectivity index (χ0v) is 33.3. The fourth-order valence-electron chi connectivity index (χ4n) is 7.72. The average Bonchev–Trinajstić information content (AvgIpc) is 3.90. The summed E-state index contributed by atoms with van der Waals surface area (Å²) < 4.78 is 6.67. The van der Waals surface area contributed by atoms with E-state index < -0.39 is 22.9 Å². The van der Waals surface area contributed by atoms with Crippen LogP contribution in [0.5, 0.6) is 0 Å². The summed E-state index contributed by atoms with van der Waals surface area (Å²) in [5.74, 6) is -2.04. The monoisotopic (exact) mass is 813 g/mol. The number of aliphatic carboxylic acids is 1. The lowest BCUT2D eigenvalue weighted by atomic mass is 9.88. The Labute approximate surface area is 346 Å². The van der Waals surface area contributed by atoms with Crippen molar-refractivity contribution in [1.29, 1.82) is 0 Å². The molecule has 2 aromatic heterocycles. The van der Waals surface area contributed by atoms with Gasteiger partial charge >= 0.3 is 11.7 Å². The van der Waals surface area contributed by atoms with Crippen molar-refractivity contribution in [3.8, 4) is 0 Å². The van der Waals surface area contributed by atoms with Gasteiger partial charge in [0.05, 0.1) is 35.1 Å². The molecule has 60 heavy (non-hydrogen) atoms. The van der Waals surface area contributed by atoms with Crippen LogP contribution in [0.3, 0.4) is 0 Å². The highest BCUT2D eigenvalue weighted by Gasteiger charge is 2.40. The molecule has 1 unspecified atom stereocenters. The number of hydrogen-bond acceptors (Lipinski definition) is 11. The Morgan fingerprint density at radius 1 is 0.867 bits per heavy atom. The molecule has 310 valence electrons. The number of nitrogens with zero attached hydrogens (tertiary/aromatic N) is 6. The van der Waals surface area contributed by atoms with Gasteiger partial charge in [0, 0.05) is 56.5 Å². The van der Waals surface area contributed by atoms with Gasteiger partial charge in [0.2, 0.25) is 17.3 Å². The first-order valence-corrected chi connectivity index (χ1v) is 20.1. The molecule has 2 amide bonds. The molecule has 4 aromatic carbocycles. The predicted molar refractivity (Wildman–Crippen MR) is 224 cm³/mol. The number of nitro groups is 1. The van der Waals surface area contributed by atoms with Gasteiger partial charge in [-0.15, -0.1) is 0 Å². The summed E-state index contributed by atoms with van der Waals surface area (Å²) in [5.41, 5.74) is 6.97. The van der Waals surface area contributed by atoms with Crippen molar-refractivity contribution < 1.29 is 29.0 Å². The van der Waals surface area contributed by atoms with Gasteiger partial charge in [0.1, 0.15) is 6.04 Å². The fourth-order valence-corrected chi connectivity index (χ4v) is 7.72. The number of carbonyl (C=O) groups excluding carboxylic acids is 2. The van der Waals surface area contributed by atoms with Crippen molar-refractivity contribution in [1.82, 2.24) is 30.1 Å². The summed E-state index contributed by atoms with van der Waals surface area (Å²) in [6.07, 6.45) is 5.95. The maximum atomic E-state index is 14.3. The highest BCUT2D eigenvalue weighted by molar-refractivity contribution is 5.93. The Kier molecular flexibility index (Phi) is 13.1. The topological polar surface area (TPSA) is 211 Å². The number of fused-ring (bicyclic) bond motifs is 2. The Morgan fingerprint density at radius 3 is 2.22 bits per heavy atom. The SMILES string of the molecule is Cc1cc(Cn2cnc3c2CC(C(=O)O)N(C(=O)C(c2ccccc2)c2ccccc2)C3)ccc1NCCCCCCNC(=O)CCNc1ccc([N+](=O)[O-])c2nonc12. The third-order valence-electron chi connectivity index (χ3n) is 10.8. The maximum absolute atomic E-state index is 14.3. The number of carbonyl (C=O) groups is 3. The molecule has 1 atom stereocenters. The average molecular weight is 814 g/mol. The number of non-ortho nitro benzene ring substituents is 1. The molecule has 0 saturated carbocycles. The number of anilines is 2. The normalized spacial score (nSPS) is 13.6. The molecule has 0 saturated heterocycles. The van der Waals surface area contributed by atoms with Crippen LogP contribution >= 0.6 is 0 Å². The van der Waals surface area contributed by atoms with Crippen LogP contribution in [0.15, 0.2) is 102 Å². The van der Waals surface area contributed by atoms with Crippen LogP contribution in [-0.4, -0.2) is 78.3 Å². The third kappa shape index (κ3) is 9.60. The molecule has 16 nitrogen and oxygen atoms in total. The van der Waals surface area contributed by atoms with Gasteiger partial charge in [-0.3, -0.25) is 19.7 Å². The van der Waals surface area contributed by atoms with Crippen LogP contribution in [0, 0.1) is 17.0 Å². The number of unbranched alkanes of at least 4 members (excludes halogenated alkanes) is 3. The number of rotatable bonds is 19. The number of imidazole rings is 1. The molecule has 0 spiro atoms. The van der Waals surface area contributed by atoms with E-state index in [1.807, 2.05) is 65.2 Å². The number of nitro benzene ring substituents is 1. The molecule has 0 bridgehead atoms. The Morgan fingerprint density at radius 2 is 1.53 bits per heavy atom. The molecule has 6 aromatic rings. The van der Waals surface area contributed by atoms with Gasteiger partial charge in [0.15, 0.2) is 5.52 Å². The van der Waals surface area contributed by atoms with Gasteiger partial charge in [-0.25, -0.2) is 14.4 Å². The number of carboxylic acids is 1. The lowest BCUT2D eigenvalue weighted by molar-refractivity contribution is -0.383. The minimum absolute atomic E-state index is 0.0551. The quantitative estimate of drug-likeness (QED) is 0.0395. The lowest BCUT2D eigenvalue weighted by Gasteiger charge is -2.35. The number of carboxylic acid groups (broad SMARTS) is 1. The van der Waals surface area contributed by atoms with Crippen molar-refractivity contribution >= 4 is 45.9 Å². The minimum atomic E-state index is -1.04. The summed E-state index contributed by atoms with van der Waals surface area (Å²) >= 11 is 0. The Balaban J connectivity index is 0.841. The van der Waals surface area contributed by atoms with Crippen LogP contribution in [-0.2, 0) is 33.9 Å². The van der Waals surface area contributed by atoms with Crippen molar-refractivity contribution in [2.24, 2.45) is 0 Å². The smallest absolute Gasteiger partial charge is 0.326 e. The lowest BCUT2D eigenvalue weighted by Crippen LogP contribution is -2.50. The minimum Gasteiger partial charge on any atom is -0.480 e. The van der Waals surface area contributed by atoms with Gasteiger partial charge < -0.3 is 30.5 Å². The first kappa shape index (κ1) is 41.1. The van der Waals surface area contributed by atoms with Crippen LogP contribution < -0.4 is 16.0 Å². The molecular formula is C44H47N9O7. The highest BCUT2D eigenvalue weighted by Crippen LogP contribution is 2.33. The largest absolute Gasteiger partial charge is 0.480 e. The molecule has 4 N–H and O–H groups in total. The third-order valence-corrected chi connectivity index (χ3v) is 10.8. The second kappa shape index (κ2) is 19.1. The van der Waals surface area contributed by atoms with Crippen LogP contribution in [0.25, 0.3) is 11.0 Å². The van der Waals surface area contributed by atoms with Crippen molar-refractivity contribution in [3.05, 3.63) is 141 Å². The highest BCUT2D eigenvalue weighted by atomic mass is 16.6. The van der Waals surface area contributed by atoms with Crippen molar-refractivity contribution in [2.45, 2.75) is 70.5 Å². The molecule has 0 aliphatic carbocycles. The van der Waals surface area contributed by atoms with E-state index in [2.05, 4.69) is 61.0 Å². The fraction of sp³-hybridized carbons (Fsp3) is 0.318. The van der Waals surface area contributed by atoms with Gasteiger partial charge in [-0.1, -0.05) is 85.6 Å². The van der Waals surface area contributed by atoms with E-state index in [0.717, 1.165) is 65.9 Å². The second-order valence-corrected chi connectivity index (χ2v) is 14.9. The Hall–Kier alpha value is -7.10. The molecule has 0 radical (unpaired) electrons. The number of aromatic nitrogens is 4. The molecule has 0 fully saturated rings. The van der Waals surface area contributed by atoms with Crippen LogP contribution in [0.4, 0.5) is 17.1 Å². The van der Waals surface area contributed by atoms with Gasteiger partial charge in [-0.05, 0) is 64.5 Å². The standard InChI is InChI=1S/C44H47N9O7/c1-29-24-30(16-17-33(29)45-21-10-2-3-11-22-47-39(54)20-23-46-34-18-19-36(53(58)59)42-41(34)49-60-50-42)26-51-28-48-35-27-52(38(44(56)57)25-37(35)51)43(55)40(31-12-6-4-7-13-31)32-14-8-5-9-15-32/h4-9,12-19,24,28,38,40,45-46H,2-3,10-11,20-23,25-27H2,1H3,(H,47,54)(H,56,57). The molecule has 1 aliphatic rings. The summed E-state index contributed by atoms with van der Waals surface area (Å²) in [6.45, 7) is 4.42. The molecule has 1 aliphatic heterocycles. The van der Waals surface area contributed by atoms with Crippen LogP contribution in [0.1, 0.15) is 71.7 Å². The molecule has 16 heteroatoms. The van der Waals surface area contributed by atoms with E-state index in [-0.39, 0.29) is 47.9 Å². The summed E-state index contributed by atoms with van der Waals surface area (Å²) in [4.78, 5) is 56.0. The van der Waals surface area contributed by atoms with Crippen LogP contribution in [0.2, 0.25) is 0 Å². The Bertz CT molecular complexity index is 2410. The van der Waals surface area contributed by atoms with E-state index >= 15 is 0 Å². The number of aryl methyl sites for hydroxylation is 1. The zero-order valence-electron chi connectivity index (χ0n) is 33.3. The van der Waals surface area contributed by atoms with E-state index in [0.29, 0.717) is 31.0 Å². The number of hydrogen-bond donors (Lipinski definition) is 4. The second-order valence-electron chi connectivity index (χ2n) is 14.9. The first-order valence-electron chi connectivity index (χ1n) is 20.1. The van der Waals surface area contributed by atoms with E-state index in [9.17, 15) is 29.6 Å². The maximum Gasteiger partial charge on any atom is 0.326 e. The molecule has 7 rings (SSSR count). The zero-order chi connectivity index (χ0) is 42.0. The summed E-state index contributed by atoms with van der Waals surface area (Å²) in [5, 5.41) is 38.5. The number of benzene rings is 4. The summed E-state index contributed by atoms with van der Waals surface area (Å²) in [7, 11) is 0. The van der Waals surface area contributed by atoms with Gasteiger partial charge in [0.25, 0.3) is 0 Å². The number of nitrogens with one attached hydrogen (secondary N) is 3. The molecular weight excluding hydrogens is 767 g/mol. The van der Waals surface area contributed by atoms with Crippen molar-refractivity contribution in [3.63, 3.8) is 0 Å². The van der Waals surface area contributed by atoms with Crippen molar-refractivity contribution in [2.75, 3.05) is 30.3 Å². The first-order chi connectivity index (χ1) is 29.2. The van der Waals surface area contributed by atoms with Gasteiger partial charge in [-0.2, -0.15) is 0 Å². The predicted octanol–water partition coefficient (Wildman–Crippen LogP) is 6.44.